The van der Waals surface area contributed by atoms with E-state index in [0.29, 0.717) is 11.3 Å². The van der Waals surface area contributed by atoms with Gasteiger partial charge in [0.1, 0.15) is 5.82 Å². The smallest absolute Gasteiger partial charge is 0.197 e. The van der Waals surface area contributed by atoms with E-state index in [4.69, 9.17) is 0 Å². The zero-order valence-corrected chi connectivity index (χ0v) is 10.0. The van der Waals surface area contributed by atoms with E-state index in [2.05, 4.69) is 26.5 Å². The molecule has 0 aromatic carbocycles. The maximum Gasteiger partial charge on any atom is 0.197 e. The van der Waals surface area contributed by atoms with Gasteiger partial charge >= 0.3 is 0 Å². The molecule has 1 N–H and O–H groups in total. The summed E-state index contributed by atoms with van der Waals surface area (Å²) in [7, 11) is 0. The van der Waals surface area contributed by atoms with Gasteiger partial charge in [-0.05, 0) is 19.3 Å². The first-order valence-electron chi connectivity index (χ1n) is 4.84. The Kier molecular flexibility index (Phi) is 3.05. The van der Waals surface area contributed by atoms with Gasteiger partial charge in [0.05, 0.1) is 4.91 Å². The van der Waals surface area contributed by atoms with Crippen molar-refractivity contribution in [1.82, 2.24) is 19.9 Å². The first kappa shape index (κ1) is 10.9. The molecule has 0 atom stereocenters. The van der Waals surface area contributed by atoms with E-state index in [-0.39, 0.29) is 0 Å². The first-order valence-corrected chi connectivity index (χ1v) is 5.72. The molecule has 0 aliphatic heterocycles. The van der Waals surface area contributed by atoms with Crippen LogP contribution >= 0.6 is 11.8 Å². The summed E-state index contributed by atoms with van der Waals surface area (Å²) in [6.45, 7) is 7.80. The fraction of sp³-hybridized carbons (Fsp3) is 0.182. The fourth-order valence-corrected chi connectivity index (χ4v) is 1.96. The Balaban J connectivity index is 2.54. The van der Waals surface area contributed by atoms with E-state index in [0.717, 1.165) is 10.7 Å². The Labute approximate surface area is 97.9 Å². The number of thioether (sulfide) groups is 1. The van der Waals surface area contributed by atoms with Crippen LogP contribution in [-0.4, -0.2) is 19.9 Å². The van der Waals surface area contributed by atoms with Crippen LogP contribution in [0.1, 0.15) is 19.7 Å². The topological polar surface area (TPSA) is 54.5 Å². The molecule has 2 rings (SSSR count). The number of hydrogen-bond donors (Lipinski definition) is 1. The van der Waals surface area contributed by atoms with Gasteiger partial charge in [0.2, 0.25) is 0 Å². The van der Waals surface area contributed by atoms with Gasteiger partial charge in [-0.25, -0.2) is 15.0 Å². The second-order valence-corrected chi connectivity index (χ2v) is 4.40. The van der Waals surface area contributed by atoms with Crippen molar-refractivity contribution >= 4 is 28.0 Å². The molecular formula is C11H12N4S. The molecule has 5 heteroatoms. The van der Waals surface area contributed by atoms with Gasteiger partial charge in [-0.3, -0.25) is 0 Å². The number of aromatic nitrogens is 4. The van der Waals surface area contributed by atoms with Crippen molar-refractivity contribution in [3.63, 3.8) is 0 Å². The Bertz CT molecular complexity index is 519. The lowest BCUT2D eigenvalue weighted by Crippen LogP contribution is -1.85. The lowest BCUT2D eigenvalue weighted by atomic mass is 10.3. The second-order valence-electron chi connectivity index (χ2n) is 3.43. The van der Waals surface area contributed by atoms with E-state index in [1.165, 1.54) is 5.57 Å². The molecule has 2 aromatic rings. The first-order chi connectivity index (χ1) is 7.72. The van der Waals surface area contributed by atoms with E-state index < -0.39 is 0 Å². The minimum atomic E-state index is 0.640. The average molecular weight is 232 g/mol. The van der Waals surface area contributed by atoms with Crippen molar-refractivity contribution in [3.8, 4) is 0 Å². The maximum atomic E-state index is 4.40. The molecule has 0 saturated carbocycles. The molecule has 0 spiro atoms. The van der Waals surface area contributed by atoms with Crippen LogP contribution in [0.2, 0.25) is 0 Å². The van der Waals surface area contributed by atoms with Crippen LogP contribution in [0.15, 0.2) is 30.0 Å². The van der Waals surface area contributed by atoms with Gasteiger partial charge in [0.15, 0.2) is 11.3 Å². The van der Waals surface area contributed by atoms with Gasteiger partial charge < -0.3 is 4.98 Å². The molecule has 0 fully saturated rings. The predicted octanol–water partition coefficient (Wildman–Crippen LogP) is 2.98. The SMILES string of the molecule is C=CSC(=C(C)C)c1nc2nccnc2[nH]1. The molecule has 0 aliphatic rings. The molecule has 2 aromatic heterocycles. The lowest BCUT2D eigenvalue weighted by molar-refractivity contribution is 1.24. The highest BCUT2D eigenvalue weighted by Crippen LogP contribution is 2.29. The molecule has 0 saturated heterocycles. The molecule has 16 heavy (non-hydrogen) atoms. The van der Waals surface area contributed by atoms with Gasteiger partial charge in [-0.1, -0.05) is 23.9 Å². The molecule has 0 unspecified atom stereocenters. The van der Waals surface area contributed by atoms with Crippen LogP contribution in [0.5, 0.6) is 0 Å². The molecule has 2 heterocycles. The van der Waals surface area contributed by atoms with Crippen molar-refractivity contribution in [3.05, 3.63) is 35.8 Å². The summed E-state index contributed by atoms with van der Waals surface area (Å²) in [6, 6.07) is 0. The van der Waals surface area contributed by atoms with Crippen LogP contribution < -0.4 is 0 Å². The molecular weight excluding hydrogens is 220 g/mol. The Morgan fingerprint density at radius 3 is 2.75 bits per heavy atom. The summed E-state index contributed by atoms with van der Waals surface area (Å²) in [5.74, 6) is 0.797. The zero-order valence-electron chi connectivity index (χ0n) is 9.19. The van der Waals surface area contributed by atoms with Crippen molar-refractivity contribution in [2.45, 2.75) is 13.8 Å². The largest absolute Gasteiger partial charge is 0.321 e. The lowest BCUT2D eigenvalue weighted by Gasteiger charge is -2.01. The van der Waals surface area contributed by atoms with Crippen molar-refractivity contribution < 1.29 is 0 Å². The summed E-state index contributed by atoms with van der Waals surface area (Å²) < 4.78 is 0. The van der Waals surface area contributed by atoms with Gasteiger partial charge in [-0.2, -0.15) is 0 Å². The number of hydrogen-bond acceptors (Lipinski definition) is 4. The number of allylic oxidation sites excluding steroid dienone is 1. The summed E-state index contributed by atoms with van der Waals surface area (Å²) in [6.07, 6.45) is 3.28. The molecule has 0 aliphatic carbocycles. The minimum Gasteiger partial charge on any atom is -0.321 e. The third-order valence-corrected chi connectivity index (χ3v) is 3.01. The van der Waals surface area contributed by atoms with Crippen LogP contribution in [0.4, 0.5) is 0 Å². The maximum absolute atomic E-state index is 4.40. The Morgan fingerprint density at radius 2 is 2.12 bits per heavy atom. The predicted molar refractivity (Wildman–Crippen MR) is 67.7 cm³/mol. The number of aromatic amines is 1. The number of imidazole rings is 1. The minimum absolute atomic E-state index is 0.640. The van der Waals surface area contributed by atoms with Gasteiger partial charge in [0, 0.05) is 12.4 Å². The van der Waals surface area contributed by atoms with Gasteiger partial charge in [-0.15, -0.1) is 0 Å². The third-order valence-electron chi connectivity index (χ3n) is 2.00. The van der Waals surface area contributed by atoms with Crippen molar-refractivity contribution in [2.24, 2.45) is 0 Å². The quantitative estimate of drug-likeness (QED) is 0.883. The van der Waals surface area contributed by atoms with Crippen LogP contribution in [-0.2, 0) is 0 Å². The number of rotatable bonds is 3. The third kappa shape index (κ3) is 1.99. The molecule has 0 amide bonds. The van der Waals surface area contributed by atoms with Crippen LogP contribution in [0.3, 0.4) is 0 Å². The second kappa shape index (κ2) is 4.49. The highest BCUT2D eigenvalue weighted by Gasteiger charge is 2.09. The monoisotopic (exact) mass is 232 g/mol. The van der Waals surface area contributed by atoms with E-state index >= 15 is 0 Å². The number of nitrogens with one attached hydrogen (secondary N) is 1. The van der Waals surface area contributed by atoms with Crippen molar-refractivity contribution in [2.75, 3.05) is 0 Å². The molecule has 4 nitrogen and oxygen atoms in total. The zero-order chi connectivity index (χ0) is 11.5. The van der Waals surface area contributed by atoms with Crippen LogP contribution in [0, 0.1) is 0 Å². The number of H-pyrrole nitrogens is 1. The van der Waals surface area contributed by atoms with Crippen molar-refractivity contribution in [1.29, 1.82) is 0 Å². The number of nitrogens with zero attached hydrogens (tertiary/aromatic N) is 3. The summed E-state index contributed by atoms with van der Waals surface area (Å²) >= 11 is 1.55. The standard InChI is InChI=1S/C11H12N4S/c1-4-16-8(7(2)3)9-14-10-11(15-9)13-6-5-12-10/h4-6H,1H2,2-3H3,(H,12,13,14,15). The average Bonchev–Trinajstić information content (AvgIpc) is 2.68. The Morgan fingerprint density at radius 1 is 1.38 bits per heavy atom. The highest BCUT2D eigenvalue weighted by molar-refractivity contribution is 8.10. The van der Waals surface area contributed by atoms with Crippen LogP contribution in [0.25, 0.3) is 16.2 Å². The Hall–Kier alpha value is -1.62. The van der Waals surface area contributed by atoms with E-state index in [1.54, 1.807) is 29.6 Å². The van der Waals surface area contributed by atoms with E-state index in [9.17, 15) is 0 Å². The molecule has 0 radical (unpaired) electrons. The van der Waals surface area contributed by atoms with Gasteiger partial charge in [0.25, 0.3) is 0 Å². The normalized spacial score (nSPS) is 10.4. The molecule has 82 valence electrons. The van der Waals surface area contributed by atoms with E-state index in [1.807, 2.05) is 13.8 Å². The summed E-state index contributed by atoms with van der Waals surface area (Å²) in [4.78, 5) is 16.9. The summed E-state index contributed by atoms with van der Waals surface area (Å²) in [5.41, 5.74) is 2.53. The fourth-order valence-electron chi connectivity index (χ4n) is 1.35. The highest BCUT2D eigenvalue weighted by atomic mass is 32.2. The summed E-state index contributed by atoms with van der Waals surface area (Å²) in [5, 5.41) is 1.79. The number of fused-ring (bicyclic) bond motifs is 1. The molecule has 0 bridgehead atoms.